The monoisotopic (exact) mass is 217 g/mol. The smallest absolute Gasteiger partial charge is 0.123 e. The molecule has 0 bridgehead atoms. The second-order valence-electron chi connectivity index (χ2n) is 4.26. The molecule has 0 radical (unpaired) electrons. The minimum absolute atomic E-state index is 0.0696. The zero-order chi connectivity index (χ0) is 11.5. The van der Waals surface area contributed by atoms with E-state index in [1.807, 2.05) is 20.0 Å². The maximum absolute atomic E-state index is 5.85. The third kappa shape index (κ3) is 1.98. The van der Waals surface area contributed by atoms with Crippen molar-refractivity contribution < 1.29 is 4.74 Å². The van der Waals surface area contributed by atoms with Gasteiger partial charge in [0.25, 0.3) is 0 Å². The van der Waals surface area contributed by atoms with Crippen LogP contribution in [0.15, 0.2) is 30.9 Å². The summed E-state index contributed by atoms with van der Waals surface area (Å²) in [5, 5.41) is 3.34. The Labute approximate surface area is 97.3 Å². The highest BCUT2D eigenvalue weighted by Gasteiger charge is 2.23. The average Bonchev–Trinajstić information content (AvgIpc) is 2.73. The van der Waals surface area contributed by atoms with Gasteiger partial charge in [-0.05, 0) is 44.0 Å². The molecule has 1 aliphatic rings. The van der Waals surface area contributed by atoms with Crippen molar-refractivity contribution >= 4 is 0 Å². The Morgan fingerprint density at radius 2 is 2.38 bits per heavy atom. The lowest BCUT2D eigenvalue weighted by atomic mass is 10.1. The molecule has 16 heavy (non-hydrogen) atoms. The highest BCUT2D eigenvalue weighted by atomic mass is 16.5. The molecule has 2 nitrogen and oxygen atoms in total. The summed E-state index contributed by atoms with van der Waals surface area (Å²) < 4.78 is 5.85. The van der Waals surface area contributed by atoms with Gasteiger partial charge in [0.15, 0.2) is 0 Å². The van der Waals surface area contributed by atoms with E-state index in [0.717, 1.165) is 18.6 Å². The lowest BCUT2D eigenvalue weighted by molar-refractivity contribution is 0.268. The molecule has 0 aliphatic heterocycles. The Morgan fingerprint density at radius 3 is 3.06 bits per heavy atom. The van der Waals surface area contributed by atoms with Crippen LogP contribution < -0.4 is 10.1 Å². The van der Waals surface area contributed by atoms with E-state index in [-0.39, 0.29) is 6.10 Å². The molecule has 2 unspecified atom stereocenters. The van der Waals surface area contributed by atoms with Gasteiger partial charge >= 0.3 is 0 Å². The zero-order valence-electron chi connectivity index (χ0n) is 9.99. The second kappa shape index (κ2) is 4.71. The van der Waals surface area contributed by atoms with Gasteiger partial charge in [0.2, 0.25) is 0 Å². The van der Waals surface area contributed by atoms with Gasteiger partial charge in [-0.15, -0.1) is 0 Å². The zero-order valence-corrected chi connectivity index (χ0v) is 9.99. The van der Waals surface area contributed by atoms with Crippen LogP contribution in [0.2, 0.25) is 0 Å². The molecule has 0 fully saturated rings. The van der Waals surface area contributed by atoms with E-state index in [1.165, 1.54) is 11.1 Å². The normalized spacial score (nSPS) is 20.2. The maximum atomic E-state index is 5.85. The van der Waals surface area contributed by atoms with Crippen LogP contribution in [-0.2, 0) is 6.42 Å². The summed E-state index contributed by atoms with van der Waals surface area (Å²) in [5.74, 6) is 1.02. The van der Waals surface area contributed by atoms with Crippen molar-refractivity contribution in [2.45, 2.75) is 31.9 Å². The van der Waals surface area contributed by atoms with Crippen molar-refractivity contribution in [1.82, 2.24) is 5.32 Å². The van der Waals surface area contributed by atoms with E-state index in [1.54, 1.807) is 0 Å². The van der Waals surface area contributed by atoms with Crippen molar-refractivity contribution in [2.75, 3.05) is 7.05 Å². The van der Waals surface area contributed by atoms with Crippen LogP contribution in [0.3, 0.4) is 0 Å². The maximum Gasteiger partial charge on any atom is 0.123 e. The van der Waals surface area contributed by atoms with Crippen molar-refractivity contribution in [1.29, 1.82) is 0 Å². The molecule has 2 heteroatoms. The Morgan fingerprint density at radius 1 is 1.56 bits per heavy atom. The lowest BCUT2D eigenvalue weighted by Gasteiger charge is -2.15. The summed E-state index contributed by atoms with van der Waals surface area (Å²) in [4.78, 5) is 0. The number of nitrogens with one attached hydrogen (secondary N) is 1. The van der Waals surface area contributed by atoms with Gasteiger partial charge in [0.05, 0.1) is 0 Å². The number of ether oxygens (including phenoxy) is 1. The third-order valence-electron chi connectivity index (χ3n) is 3.22. The summed E-state index contributed by atoms with van der Waals surface area (Å²) in [6.07, 6.45) is 4.15. The van der Waals surface area contributed by atoms with Crippen LogP contribution in [0.25, 0.3) is 0 Å². The van der Waals surface area contributed by atoms with E-state index < -0.39 is 0 Å². The van der Waals surface area contributed by atoms with E-state index >= 15 is 0 Å². The SMILES string of the molecule is C=CC(C)Oc1cccc2c1CCC2NC. The third-order valence-corrected chi connectivity index (χ3v) is 3.22. The minimum Gasteiger partial charge on any atom is -0.486 e. The van der Waals surface area contributed by atoms with Crippen LogP contribution in [0, 0.1) is 0 Å². The molecule has 1 aromatic rings. The van der Waals surface area contributed by atoms with Crippen LogP contribution in [0.4, 0.5) is 0 Å². The summed E-state index contributed by atoms with van der Waals surface area (Å²) in [6.45, 7) is 5.75. The molecule has 86 valence electrons. The molecule has 2 atom stereocenters. The summed E-state index contributed by atoms with van der Waals surface area (Å²) in [7, 11) is 2.01. The second-order valence-corrected chi connectivity index (χ2v) is 4.26. The molecular formula is C14H19NO. The first-order chi connectivity index (χ1) is 7.76. The van der Waals surface area contributed by atoms with Crippen molar-refractivity contribution in [2.24, 2.45) is 0 Å². The van der Waals surface area contributed by atoms with E-state index in [2.05, 4.69) is 30.1 Å². The van der Waals surface area contributed by atoms with Gasteiger partial charge in [-0.3, -0.25) is 0 Å². The fourth-order valence-corrected chi connectivity index (χ4v) is 2.28. The number of hydrogen-bond donors (Lipinski definition) is 1. The standard InChI is InChI=1S/C14H19NO/c1-4-10(2)16-14-7-5-6-11-12(14)8-9-13(11)15-3/h4-7,10,13,15H,1,8-9H2,2-3H3. The van der Waals surface area contributed by atoms with Gasteiger partial charge in [-0.1, -0.05) is 24.8 Å². The van der Waals surface area contributed by atoms with Gasteiger partial charge in [0.1, 0.15) is 11.9 Å². The molecule has 0 aromatic heterocycles. The van der Waals surface area contributed by atoms with Crippen LogP contribution in [0.1, 0.15) is 30.5 Å². The number of benzene rings is 1. The van der Waals surface area contributed by atoms with Crippen LogP contribution >= 0.6 is 0 Å². The van der Waals surface area contributed by atoms with E-state index in [0.29, 0.717) is 6.04 Å². The van der Waals surface area contributed by atoms with Crippen LogP contribution in [-0.4, -0.2) is 13.2 Å². The van der Waals surface area contributed by atoms with Gasteiger partial charge < -0.3 is 10.1 Å². The molecule has 1 aromatic carbocycles. The largest absolute Gasteiger partial charge is 0.486 e. The molecule has 0 saturated carbocycles. The van der Waals surface area contributed by atoms with Gasteiger partial charge in [-0.2, -0.15) is 0 Å². The Kier molecular flexibility index (Phi) is 3.30. The average molecular weight is 217 g/mol. The molecule has 2 rings (SSSR count). The number of rotatable bonds is 4. The summed E-state index contributed by atoms with van der Waals surface area (Å²) in [6, 6.07) is 6.79. The number of fused-ring (bicyclic) bond motifs is 1. The van der Waals surface area contributed by atoms with E-state index in [4.69, 9.17) is 4.74 Å². The molecule has 0 saturated heterocycles. The van der Waals surface area contributed by atoms with Gasteiger partial charge in [0, 0.05) is 6.04 Å². The van der Waals surface area contributed by atoms with Crippen LogP contribution in [0.5, 0.6) is 5.75 Å². The molecule has 0 heterocycles. The van der Waals surface area contributed by atoms with E-state index in [9.17, 15) is 0 Å². The Balaban J connectivity index is 2.28. The molecule has 0 spiro atoms. The predicted octanol–water partition coefficient (Wildman–Crippen LogP) is 2.85. The topological polar surface area (TPSA) is 21.3 Å². The molecule has 1 aliphatic carbocycles. The lowest BCUT2D eigenvalue weighted by Crippen LogP contribution is -2.13. The quantitative estimate of drug-likeness (QED) is 0.783. The van der Waals surface area contributed by atoms with Crippen molar-refractivity contribution in [3.05, 3.63) is 42.0 Å². The first kappa shape index (κ1) is 11.2. The first-order valence-corrected chi connectivity index (χ1v) is 5.84. The number of hydrogen-bond acceptors (Lipinski definition) is 2. The fourth-order valence-electron chi connectivity index (χ4n) is 2.28. The Bertz CT molecular complexity index is 386. The predicted molar refractivity (Wildman–Crippen MR) is 66.9 cm³/mol. The summed E-state index contributed by atoms with van der Waals surface area (Å²) >= 11 is 0. The Hall–Kier alpha value is -1.28. The minimum atomic E-state index is 0.0696. The highest BCUT2D eigenvalue weighted by Crippen LogP contribution is 2.36. The molecule has 0 amide bonds. The van der Waals surface area contributed by atoms with Gasteiger partial charge in [-0.25, -0.2) is 0 Å². The highest BCUT2D eigenvalue weighted by molar-refractivity contribution is 5.45. The first-order valence-electron chi connectivity index (χ1n) is 5.84. The summed E-state index contributed by atoms with van der Waals surface area (Å²) in [5.41, 5.74) is 2.74. The fraction of sp³-hybridized carbons (Fsp3) is 0.429. The molecule has 1 N–H and O–H groups in total. The van der Waals surface area contributed by atoms with Crippen molar-refractivity contribution in [3.63, 3.8) is 0 Å². The van der Waals surface area contributed by atoms with Crippen molar-refractivity contribution in [3.8, 4) is 5.75 Å². The molecular weight excluding hydrogens is 198 g/mol.